The summed E-state index contributed by atoms with van der Waals surface area (Å²) in [4.78, 5) is 3.16. The maximum absolute atomic E-state index is 9.21. The van der Waals surface area contributed by atoms with Crippen LogP contribution in [0.4, 0.5) is 0 Å². The lowest BCUT2D eigenvalue weighted by atomic mass is 10.1. The molecular formula is C16H12BrN3S. The first kappa shape index (κ1) is 14.1. The summed E-state index contributed by atoms with van der Waals surface area (Å²) in [6, 6.07) is 16.1. The minimum absolute atomic E-state index is 0.0812. The number of nitrogens with zero attached hydrogens (tertiary/aromatic N) is 2. The van der Waals surface area contributed by atoms with Gasteiger partial charge in [0.2, 0.25) is 0 Å². The molecular weight excluding hydrogens is 346 g/mol. The molecule has 21 heavy (non-hydrogen) atoms. The van der Waals surface area contributed by atoms with E-state index in [2.05, 4.69) is 46.0 Å². The van der Waals surface area contributed by atoms with Gasteiger partial charge in [0.05, 0.1) is 22.6 Å². The van der Waals surface area contributed by atoms with Gasteiger partial charge in [-0.2, -0.15) is 5.26 Å². The Morgan fingerprint density at radius 1 is 1.29 bits per heavy atom. The molecule has 3 nitrogen and oxygen atoms in total. The highest BCUT2D eigenvalue weighted by Crippen LogP contribution is 2.27. The summed E-state index contributed by atoms with van der Waals surface area (Å²) in [6.45, 7) is 2.10. The molecule has 1 aromatic heterocycles. The third kappa shape index (κ3) is 2.41. The van der Waals surface area contributed by atoms with Gasteiger partial charge in [-0.05, 0) is 49.0 Å². The fourth-order valence-electron chi connectivity index (χ4n) is 2.54. The van der Waals surface area contributed by atoms with Crippen molar-refractivity contribution in [2.75, 3.05) is 0 Å². The fraction of sp³-hybridized carbons (Fsp3) is 0.125. The number of aromatic amines is 1. The molecule has 1 unspecified atom stereocenters. The number of H-pyrrole nitrogens is 1. The molecule has 0 fully saturated rings. The zero-order valence-corrected chi connectivity index (χ0v) is 13.7. The van der Waals surface area contributed by atoms with Crippen molar-refractivity contribution in [2.45, 2.75) is 13.0 Å². The Hall–Kier alpha value is -1.90. The van der Waals surface area contributed by atoms with Crippen molar-refractivity contribution in [3.05, 3.63) is 62.8 Å². The van der Waals surface area contributed by atoms with E-state index in [9.17, 15) is 5.26 Å². The van der Waals surface area contributed by atoms with Gasteiger partial charge in [0.1, 0.15) is 6.07 Å². The quantitative estimate of drug-likeness (QED) is 0.660. The number of fused-ring (bicyclic) bond motifs is 1. The Morgan fingerprint density at radius 2 is 2.05 bits per heavy atom. The van der Waals surface area contributed by atoms with Crippen LogP contribution in [0.5, 0.6) is 0 Å². The Labute approximate surface area is 136 Å². The number of aromatic nitrogens is 2. The highest BCUT2D eigenvalue weighted by Gasteiger charge is 2.14. The molecule has 3 aromatic rings. The van der Waals surface area contributed by atoms with Crippen LogP contribution in [-0.2, 0) is 0 Å². The van der Waals surface area contributed by atoms with Crippen molar-refractivity contribution in [1.29, 1.82) is 5.26 Å². The molecule has 0 aliphatic heterocycles. The van der Waals surface area contributed by atoms with Crippen LogP contribution in [-0.4, -0.2) is 9.55 Å². The number of para-hydroxylation sites is 1. The lowest BCUT2D eigenvalue weighted by Crippen LogP contribution is -2.06. The van der Waals surface area contributed by atoms with E-state index in [0.29, 0.717) is 10.3 Å². The van der Waals surface area contributed by atoms with Crippen LogP contribution in [0.15, 0.2) is 46.9 Å². The summed E-state index contributed by atoms with van der Waals surface area (Å²) in [5, 5.41) is 9.21. The molecule has 0 bridgehead atoms. The van der Waals surface area contributed by atoms with Crippen LogP contribution in [0.2, 0.25) is 0 Å². The average molecular weight is 358 g/mol. The van der Waals surface area contributed by atoms with Crippen LogP contribution in [0.25, 0.3) is 11.0 Å². The number of benzene rings is 2. The number of imidazole rings is 1. The van der Waals surface area contributed by atoms with Crippen LogP contribution < -0.4 is 0 Å². The van der Waals surface area contributed by atoms with Crippen LogP contribution in [0.3, 0.4) is 0 Å². The van der Waals surface area contributed by atoms with Gasteiger partial charge in [0.25, 0.3) is 0 Å². The third-order valence-corrected chi connectivity index (χ3v) is 4.38. The third-order valence-electron chi connectivity index (χ3n) is 3.59. The summed E-state index contributed by atoms with van der Waals surface area (Å²) in [7, 11) is 0. The predicted molar refractivity (Wildman–Crippen MR) is 89.8 cm³/mol. The van der Waals surface area contributed by atoms with Gasteiger partial charge in [0, 0.05) is 4.47 Å². The van der Waals surface area contributed by atoms with E-state index in [1.54, 1.807) is 6.07 Å². The lowest BCUT2D eigenvalue weighted by Gasteiger charge is -2.15. The van der Waals surface area contributed by atoms with Crippen molar-refractivity contribution >= 4 is 39.2 Å². The number of hydrogen-bond donors (Lipinski definition) is 1. The number of hydrogen-bond acceptors (Lipinski definition) is 2. The molecule has 0 radical (unpaired) electrons. The first-order chi connectivity index (χ1) is 10.1. The minimum Gasteiger partial charge on any atom is -0.329 e. The Morgan fingerprint density at radius 3 is 2.76 bits per heavy atom. The van der Waals surface area contributed by atoms with Gasteiger partial charge in [-0.15, -0.1) is 0 Å². The molecule has 0 amide bonds. The van der Waals surface area contributed by atoms with E-state index in [0.717, 1.165) is 21.1 Å². The van der Waals surface area contributed by atoms with Gasteiger partial charge in [-0.3, -0.25) is 0 Å². The largest absolute Gasteiger partial charge is 0.329 e. The normalized spacial score (nSPS) is 12.2. The van der Waals surface area contributed by atoms with E-state index in [-0.39, 0.29) is 6.04 Å². The predicted octanol–water partition coefficient (Wildman–Crippen LogP) is 4.94. The van der Waals surface area contributed by atoms with Crippen molar-refractivity contribution < 1.29 is 0 Å². The Kier molecular flexibility index (Phi) is 3.66. The van der Waals surface area contributed by atoms with Crippen LogP contribution in [0, 0.1) is 16.1 Å². The Bertz CT molecular complexity index is 917. The van der Waals surface area contributed by atoms with E-state index in [1.165, 1.54) is 0 Å². The topological polar surface area (TPSA) is 44.5 Å². The molecule has 0 saturated heterocycles. The minimum atomic E-state index is 0.0812. The lowest BCUT2D eigenvalue weighted by molar-refractivity contribution is 0.649. The zero-order chi connectivity index (χ0) is 15.0. The summed E-state index contributed by atoms with van der Waals surface area (Å²) in [5.74, 6) is 0. The summed E-state index contributed by atoms with van der Waals surface area (Å²) in [6.07, 6.45) is 0. The summed E-state index contributed by atoms with van der Waals surface area (Å²) >= 11 is 8.95. The molecule has 0 saturated carbocycles. The standard InChI is InChI=1S/C16H12BrN3S/c1-10(11-4-2-6-13(17)8-11)20-14-7-3-5-12(9-18)15(14)19-16(20)21/h2-8,10H,1H3,(H,19,21). The highest BCUT2D eigenvalue weighted by molar-refractivity contribution is 9.10. The van der Waals surface area contributed by atoms with E-state index >= 15 is 0 Å². The van der Waals surface area contributed by atoms with Gasteiger partial charge in [-0.25, -0.2) is 0 Å². The second-order valence-electron chi connectivity index (χ2n) is 4.84. The zero-order valence-electron chi connectivity index (χ0n) is 11.3. The smallest absolute Gasteiger partial charge is 0.178 e. The Balaban J connectivity index is 2.24. The maximum Gasteiger partial charge on any atom is 0.178 e. The molecule has 0 aliphatic rings. The molecule has 1 N–H and O–H groups in total. The van der Waals surface area contributed by atoms with Gasteiger partial charge >= 0.3 is 0 Å². The monoisotopic (exact) mass is 357 g/mol. The number of halogens is 1. The van der Waals surface area contributed by atoms with E-state index in [1.807, 2.05) is 28.8 Å². The highest BCUT2D eigenvalue weighted by atomic mass is 79.9. The van der Waals surface area contributed by atoms with Crippen LogP contribution >= 0.6 is 28.1 Å². The fourth-order valence-corrected chi connectivity index (χ4v) is 3.32. The number of nitrogens with one attached hydrogen (secondary N) is 1. The molecule has 5 heteroatoms. The second-order valence-corrected chi connectivity index (χ2v) is 6.15. The van der Waals surface area contributed by atoms with Crippen molar-refractivity contribution in [1.82, 2.24) is 9.55 Å². The van der Waals surface area contributed by atoms with Crippen molar-refractivity contribution in [2.24, 2.45) is 0 Å². The molecule has 104 valence electrons. The van der Waals surface area contributed by atoms with E-state index < -0.39 is 0 Å². The van der Waals surface area contributed by atoms with Crippen LogP contribution in [0.1, 0.15) is 24.1 Å². The molecule has 1 heterocycles. The number of nitriles is 1. The van der Waals surface area contributed by atoms with Crippen molar-refractivity contribution in [3.8, 4) is 6.07 Å². The van der Waals surface area contributed by atoms with Gasteiger partial charge in [0.15, 0.2) is 4.77 Å². The average Bonchev–Trinajstić information content (AvgIpc) is 2.82. The first-order valence-electron chi connectivity index (χ1n) is 6.50. The molecule has 0 aliphatic carbocycles. The van der Waals surface area contributed by atoms with Crippen molar-refractivity contribution in [3.63, 3.8) is 0 Å². The molecule has 1 atom stereocenters. The number of rotatable bonds is 2. The second kappa shape index (κ2) is 5.47. The first-order valence-corrected chi connectivity index (χ1v) is 7.70. The van der Waals surface area contributed by atoms with E-state index in [4.69, 9.17) is 12.2 Å². The summed E-state index contributed by atoms with van der Waals surface area (Å²) in [5.41, 5.74) is 3.51. The van der Waals surface area contributed by atoms with Gasteiger partial charge in [-0.1, -0.05) is 34.1 Å². The maximum atomic E-state index is 9.21. The summed E-state index contributed by atoms with van der Waals surface area (Å²) < 4.78 is 3.71. The molecule has 3 rings (SSSR count). The van der Waals surface area contributed by atoms with Gasteiger partial charge < -0.3 is 9.55 Å². The SMILES string of the molecule is CC(c1cccc(Br)c1)n1c(=S)[nH]c2c(C#N)cccc21. The molecule has 0 spiro atoms. The molecule has 2 aromatic carbocycles.